The predicted octanol–water partition coefficient (Wildman–Crippen LogP) is 3.36. The first kappa shape index (κ1) is 17.1. The number of carbonyl (C=O) groups is 1. The summed E-state index contributed by atoms with van der Waals surface area (Å²) in [6.45, 7) is 6.20. The van der Waals surface area contributed by atoms with E-state index < -0.39 is 5.41 Å². The lowest BCUT2D eigenvalue weighted by molar-refractivity contribution is -0.138. The first-order chi connectivity index (χ1) is 9.87. The van der Waals surface area contributed by atoms with Crippen molar-refractivity contribution in [3.63, 3.8) is 0 Å². The van der Waals surface area contributed by atoms with Crippen LogP contribution in [-0.2, 0) is 4.79 Å². The second kappa shape index (κ2) is 6.86. The van der Waals surface area contributed by atoms with Gasteiger partial charge in [0.05, 0.1) is 10.4 Å². The smallest absolute Gasteiger partial charge is 0.235 e. The van der Waals surface area contributed by atoms with E-state index in [1.165, 1.54) is 12.8 Å². The Balaban J connectivity index is 2.16. The highest BCUT2D eigenvalue weighted by Gasteiger charge is 2.44. The molecule has 1 saturated heterocycles. The van der Waals surface area contributed by atoms with Crippen molar-refractivity contribution in [2.75, 3.05) is 18.8 Å². The second-order valence-electron chi connectivity index (χ2n) is 7.01. The standard InChI is InChI=1S/C16H28N2OS2/c1-15(2)9-10-18(11-12-21-15)14(19)16(13(17)20)7-5-3-4-6-8-16/h3-12H2,1-2H3,(H2,17,20). The summed E-state index contributed by atoms with van der Waals surface area (Å²) in [5.74, 6) is 1.21. The van der Waals surface area contributed by atoms with Gasteiger partial charge in [-0.25, -0.2) is 0 Å². The number of nitrogens with two attached hydrogens (primary N) is 1. The van der Waals surface area contributed by atoms with E-state index >= 15 is 0 Å². The van der Waals surface area contributed by atoms with Crippen LogP contribution in [0.25, 0.3) is 0 Å². The van der Waals surface area contributed by atoms with Crippen LogP contribution < -0.4 is 5.73 Å². The van der Waals surface area contributed by atoms with E-state index in [-0.39, 0.29) is 10.7 Å². The molecule has 2 N–H and O–H groups in total. The van der Waals surface area contributed by atoms with Gasteiger partial charge >= 0.3 is 0 Å². The highest BCUT2D eigenvalue weighted by molar-refractivity contribution is 8.00. The summed E-state index contributed by atoms with van der Waals surface area (Å²) in [7, 11) is 0. The van der Waals surface area contributed by atoms with Crippen LogP contribution in [0.3, 0.4) is 0 Å². The molecule has 0 aromatic heterocycles. The predicted molar refractivity (Wildman–Crippen MR) is 94.7 cm³/mol. The first-order valence-corrected chi connectivity index (χ1v) is 9.50. The van der Waals surface area contributed by atoms with Crippen LogP contribution in [0.15, 0.2) is 0 Å². The average molecular weight is 329 g/mol. The van der Waals surface area contributed by atoms with E-state index in [0.29, 0.717) is 4.99 Å². The Bertz CT molecular complexity index is 401. The molecule has 1 aliphatic carbocycles. The van der Waals surface area contributed by atoms with Crippen LogP contribution in [0.1, 0.15) is 58.8 Å². The third-order valence-corrected chi connectivity index (χ3v) is 6.73. The van der Waals surface area contributed by atoms with Crippen molar-refractivity contribution >= 4 is 34.9 Å². The molecule has 0 bridgehead atoms. The molecule has 2 rings (SSSR count). The van der Waals surface area contributed by atoms with Crippen LogP contribution in [-0.4, -0.2) is 39.4 Å². The van der Waals surface area contributed by atoms with Crippen molar-refractivity contribution in [1.29, 1.82) is 0 Å². The Morgan fingerprint density at radius 3 is 2.29 bits per heavy atom. The SMILES string of the molecule is CC1(C)CCN(C(=O)C2(C(N)=S)CCCCCC2)CCS1. The fourth-order valence-corrected chi connectivity index (χ4v) is 4.82. The van der Waals surface area contributed by atoms with Gasteiger partial charge in [0.1, 0.15) is 0 Å². The molecule has 0 aromatic carbocycles. The third kappa shape index (κ3) is 3.92. The lowest BCUT2D eigenvalue weighted by atomic mass is 9.78. The zero-order chi connectivity index (χ0) is 15.5. The largest absolute Gasteiger partial charge is 0.392 e. The van der Waals surface area contributed by atoms with Gasteiger partial charge in [0, 0.05) is 23.6 Å². The summed E-state index contributed by atoms with van der Waals surface area (Å²) in [4.78, 5) is 15.6. The number of hydrogen-bond donors (Lipinski definition) is 1. The molecule has 0 unspecified atom stereocenters. The molecule has 2 fully saturated rings. The number of nitrogens with zero attached hydrogens (tertiary/aromatic N) is 1. The maximum Gasteiger partial charge on any atom is 0.235 e. The molecule has 1 heterocycles. The normalized spacial score (nSPS) is 25.7. The van der Waals surface area contributed by atoms with Gasteiger partial charge < -0.3 is 10.6 Å². The van der Waals surface area contributed by atoms with Crippen LogP contribution in [0.2, 0.25) is 0 Å². The van der Waals surface area contributed by atoms with Gasteiger partial charge in [-0.15, -0.1) is 0 Å². The minimum Gasteiger partial charge on any atom is -0.392 e. The molecule has 1 amide bonds. The molecule has 21 heavy (non-hydrogen) atoms. The molecule has 0 atom stereocenters. The van der Waals surface area contributed by atoms with E-state index in [2.05, 4.69) is 13.8 Å². The Morgan fingerprint density at radius 2 is 1.71 bits per heavy atom. The topological polar surface area (TPSA) is 46.3 Å². The first-order valence-electron chi connectivity index (χ1n) is 8.11. The quantitative estimate of drug-likeness (QED) is 0.624. The molecule has 0 aromatic rings. The lowest BCUT2D eigenvalue weighted by Crippen LogP contribution is -2.51. The van der Waals surface area contributed by atoms with E-state index in [4.69, 9.17) is 18.0 Å². The number of hydrogen-bond acceptors (Lipinski definition) is 3. The Labute approximate surface area is 138 Å². The molecular formula is C16H28N2OS2. The summed E-state index contributed by atoms with van der Waals surface area (Å²) in [5, 5.41) is 0. The highest BCUT2D eigenvalue weighted by Crippen LogP contribution is 2.39. The number of thioether (sulfide) groups is 1. The zero-order valence-electron chi connectivity index (χ0n) is 13.3. The maximum absolute atomic E-state index is 13.2. The summed E-state index contributed by atoms with van der Waals surface area (Å²) in [6.07, 6.45) is 7.24. The Hall–Kier alpha value is -0.290. The zero-order valence-corrected chi connectivity index (χ0v) is 15.0. The van der Waals surface area contributed by atoms with Crippen molar-refractivity contribution < 1.29 is 4.79 Å². The molecule has 5 heteroatoms. The van der Waals surface area contributed by atoms with Gasteiger partial charge in [0.15, 0.2) is 0 Å². The van der Waals surface area contributed by atoms with Crippen molar-refractivity contribution in [2.45, 2.75) is 63.5 Å². The van der Waals surface area contributed by atoms with E-state index in [1.54, 1.807) is 0 Å². The van der Waals surface area contributed by atoms with Crippen LogP contribution in [0.5, 0.6) is 0 Å². The van der Waals surface area contributed by atoms with Crippen LogP contribution >= 0.6 is 24.0 Å². The second-order valence-corrected chi connectivity index (χ2v) is 9.25. The van der Waals surface area contributed by atoms with Crippen molar-refractivity contribution in [1.82, 2.24) is 4.90 Å². The average Bonchev–Trinajstić information content (AvgIpc) is 2.76. The van der Waals surface area contributed by atoms with E-state index in [1.807, 2.05) is 16.7 Å². The third-order valence-electron chi connectivity index (χ3n) is 4.96. The Morgan fingerprint density at radius 1 is 1.10 bits per heavy atom. The van der Waals surface area contributed by atoms with Crippen molar-refractivity contribution in [3.05, 3.63) is 0 Å². The van der Waals surface area contributed by atoms with Crippen molar-refractivity contribution in [3.8, 4) is 0 Å². The van der Waals surface area contributed by atoms with Gasteiger partial charge in [0.2, 0.25) is 5.91 Å². The number of rotatable bonds is 2. The monoisotopic (exact) mass is 328 g/mol. The maximum atomic E-state index is 13.2. The number of amides is 1. The molecule has 0 radical (unpaired) electrons. The molecular weight excluding hydrogens is 300 g/mol. The minimum absolute atomic E-state index is 0.204. The summed E-state index contributed by atoms with van der Waals surface area (Å²) < 4.78 is 0.259. The van der Waals surface area contributed by atoms with Gasteiger partial charge in [0.25, 0.3) is 0 Å². The van der Waals surface area contributed by atoms with Crippen molar-refractivity contribution in [2.24, 2.45) is 11.1 Å². The van der Waals surface area contributed by atoms with E-state index in [9.17, 15) is 4.79 Å². The van der Waals surface area contributed by atoms with Gasteiger partial charge in [-0.05, 0) is 19.3 Å². The van der Waals surface area contributed by atoms with E-state index in [0.717, 1.165) is 50.9 Å². The fourth-order valence-electron chi connectivity index (χ4n) is 3.42. The van der Waals surface area contributed by atoms with Gasteiger partial charge in [-0.3, -0.25) is 4.79 Å². The van der Waals surface area contributed by atoms with Gasteiger partial charge in [-0.1, -0.05) is 51.7 Å². The minimum atomic E-state index is -0.565. The molecule has 120 valence electrons. The summed E-state index contributed by atoms with van der Waals surface area (Å²) >= 11 is 7.30. The molecule has 2 aliphatic rings. The summed E-state index contributed by atoms with van der Waals surface area (Å²) in [5.41, 5.74) is 5.49. The number of thiocarbonyl (C=S) groups is 1. The fraction of sp³-hybridized carbons (Fsp3) is 0.875. The number of carbonyl (C=O) groups excluding carboxylic acids is 1. The molecule has 1 aliphatic heterocycles. The van der Waals surface area contributed by atoms with Crippen LogP contribution in [0, 0.1) is 5.41 Å². The summed E-state index contributed by atoms with van der Waals surface area (Å²) in [6, 6.07) is 0. The van der Waals surface area contributed by atoms with Crippen LogP contribution in [0.4, 0.5) is 0 Å². The molecule has 0 spiro atoms. The molecule has 3 nitrogen and oxygen atoms in total. The highest BCUT2D eigenvalue weighted by atomic mass is 32.2. The Kier molecular flexibility index (Phi) is 5.58. The molecule has 1 saturated carbocycles. The van der Waals surface area contributed by atoms with Gasteiger partial charge in [-0.2, -0.15) is 11.8 Å². The lowest BCUT2D eigenvalue weighted by Gasteiger charge is -2.35.